The van der Waals surface area contributed by atoms with Crippen molar-refractivity contribution in [2.75, 3.05) is 19.1 Å². The normalized spacial score (nSPS) is 14.8. The number of carbonyl (C=O) groups is 2. The van der Waals surface area contributed by atoms with Crippen molar-refractivity contribution in [3.63, 3.8) is 0 Å². The summed E-state index contributed by atoms with van der Waals surface area (Å²) in [4.78, 5) is 32.6. The van der Waals surface area contributed by atoms with Gasteiger partial charge in [-0.15, -0.1) is 0 Å². The second-order valence-corrected chi connectivity index (χ2v) is 10.6. The number of hydrogen-bond donors (Lipinski definition) is 1. The van der Waals surface area contributed by atoms with E-state index in [4.69, 9.17) is 16.3 Å². The highest BCUT2D eigenvalue weighted by Crippen LogP contribution is 2.55. The fraction of sp³-hybridized carbons (Fsp3) is 0.226. The zero-order chi connectivity index (χ0) is 28.3. The van der Waals surface area contributed by atoms with Crippen LogP contribution in [0.5, 0.6) is 5.88 Å². The number of amides is 2. The first-order chi connectivity index (χ1) is 19.3. The number of hydrogen-bond acceptors (Lipinski definition) is 5. The Hall–Kier alpha value is -4.61. The lowest BCUT2D eigenvalue weighted by Gasteiger charge is -2.36. The molecule has 4 aromatic rings. The Morgan fingerprint density at radius 2 is 1.98 bits per heavy atom. The average molecular weight is 552 g/mol. The van der Waals surface area contributed by atoms with Crippen molar-refractivity contribution in [3.05, 3.63) is 87.7 Å². The lowest BCUT2D eigenvalue weighted by atomic mass is 9.87. The molecule has 40 heavy (non-hydrogen) atoms. The monoisotopic (exact) mass is 551 g/mol. The van der Waals surface area contributed by atoms with Crippen LogP contribution < -0.4 is 15.0 Å². The fourth-order valence-corrected chi connectivity index (χ4v) is 6.20. The highest BCUT2D eigenvalue weighted by molar-refractivity contribution is 6.35. The van der Waals surface area contributed by atoms with Crippen LogP contribution in [0.15, 0.2) is 54.7 Å². The van der Waals surface area contributed by atoms with Crippen LogP contribution in [0, 0.1) is 11.3 Å². The number of aromatic nitrogens is 2. The number of nitriles is 1. The third-order valence-corrected chi connectivity index (χ3v) is 7.89. The predicted octanol–water partition coefficient (Wildman–Crippen LogP) is 5.68. The molecule has 0 saturated heterocycles. The van der Waals surface area contributed by atoms with Gasteiger partial charge in [-0.3, -0.25) is 14.5 Å². The van der Waals surface area contributed by atoms with Gasteiger partial charge in [0, 0.05) is 24.8 Å². The van der Waals surface area contributed by atoms with Crippen molar-refractivity contribution < 1.29 is 14.3 Å². The summed E-state index contributed by atoms with van der Waals surface area (Å²) in [5.74, 6) is 0.147. The minimum absolute atomic E-state index is 0.0265. The van der Waals surface area contributed by atoms with E-state index in [2.05, 4.69) is 34.8 Å². The zero-order valence-corrected chi connectivity index (χ0v) is 23.2. The molecule has 0 aliphatic carbocycles. The molecule has 1 N–H and O–H groups in total. The minimum Gasteiger partial charge on any atom is -0.481 e. The van der Waals surface area contributed by atoms with E-state index in [1.54, 1.807) is 37.4 Å². The summed E-state index contributed by atoms with van der Waals surface area (Å²) in [6.45, 7) is 4.14. The molecule has 1 unspecified atom stereocenters. The summed E-state index contributed by atoms with van der Waals surface area (Å²) in [6.07, 6.45) is 1.80. The maximum Gasteiger partial charge on any atom is 0.261 e. The number of methoxy groups -OCH3 is 1. The molecule has 0 spiro atoms. The molecule has 2 amide bonds. The number of fused-ring (bicyclic) bond motifs is 8. The van der Waals surface area contributed by atoms with Gasteiger partial charge in [-0.05, 0) is 66.9 Å². The molecule has 0 saturated carbocycles. The summed E-state index contributed by atoms with van der Waals surface area (Å²) in [5, 5.41) is 12.8. The Labute approximate surface area is 236 Å². The van der Waals surface area contributed by atoms with E-state index in [1.807, 2.05) is 36.4 Å². The van der Waals surface area contributed by atoms with E-state index in [0.29, 0.717) is 33.3 Å². The van der Waals surface area contributed by atoms with Gasteiger partial charge in [0.2, 0.25) is 11.8 Å². The van der Waals surface area contributed by atoms with Crippen LogP contribution in [0.3, 0.4) is 0 Å². The van der Waals surface area contributed by atoms with Gasteiger partial charge < -0.3 is 14.6 Å². The van der Waals surface area contributed by atoms with Crippen LogP contribution in [-0.2, 0) is 11.2 Å². The van der Waals surface area contributed by atoms with Gasteiger partial charge in [0.1, 0.15) is 6.04 Å². The molecule has 0 bridgehead atoms. The molecule has 0 radical (unpaired) electrons. The quantitative estimate of drug-likeness (QED) is 0.344. The topological polar surface area (TPSA) is 100 Å². The predicted molar refractivity (Wildman–Crippen MR) is 153 cm³/mol. The van der Waals surface area contributed by atoms with Gasteiger partial charge >= 0.3 is 0 Å². The molecule has 200 valence electrons. The molecule has 8 nitrogen and oxygen atoms in total. The SMILES string of the molecule is CNC(=O)Cc1cnc(OC)c(-c2cc3c(n2C(C)C)C2c4ccc(C#N)cc4-c4c(Cl)cccc4N2C3=O)c1. The second kappa shape index (κ2) is 9.54. The van der Waals surface area contributed by atoms with Gasteiger partial charge in [0.05, 0.1) is 58.4 Å². The highest BCUT2D eigenvalue weighted by atomic mass is 35.5. The first-order valence-corrected chi connectivity index (χ1v) is 13.3. The Morgan fingerprint density at radius 3 is 2.67 bits per heavy atom. The number of anilines is 1. The molecule has 0 fully saturated rings. The number of pyridine rings is 1. The molecular weight excluding hydrogens is 526 g/mol. The van der Waals surface area contributed by atoms with Gasteiger partial charge in [-0.2, -0.15) is 5.26 Å². The van der Waals surface area contributed by atoms with Crippen LogP contribution in [-0.4, -0.2) is 35.5 Å². The second-order valence-electron chi connectivity index (χ2n) is 10.2. The van der Waals surface area contributed by atoms with E-state index in [-0.39, 0.29) is 24.3 Å². The third-order valence-electron chi connectivity index (χ3n) is 7.58. The number of halogens is 1. The smallest absolute Gasteiger partial charge is 0.261 e. The zero-order valence-electron chi connectivity index (χ0n) is 22.4. The Balaban J connectivity index is 1.61. The van der Waals surface area contributed by atoms with E-state index >= 15 is 0 Å². The molecule has 4 heterocycles. The van der Waals surface area contributed by atoms with Crippen molar-refractivity contribution in [3.8, 4) is 34.3 Å². The number of nitrogens with zero attached hydrogens (tertiary/aromatic N) is 4. The van der Waals surface area contributed by atoms with Gasteiger partial charge in [-0.1, -0.05) is 23.7 Å². The molecule has 6 rings (SSSR count). The lowest BCUT2D eigenvalue weighted by Crippen LogP contribution is -2.33. The number of likely N-dealkylation sites (N-methyl/N-ethyl adjacent to an activating group) is 1. The number of nitrogens with one attached hydrogen (secondary N) is 1. The standard InChI is InChI=1S/C31H26ClN5O3/c1-16(2)36-25(21-11-18(12-26(38)34-3)15-35-30(21)40-4)13-22-29(36)28-19-9-8-17(14-33)10-20(19)27-23(32)6-5-7-24(27)37(28)31(22)39/h5-11,13,15-16,28H,12H2,1-4H3,(H,34,38). The molecule has 9 heteroatoms. The molecule has 2 aromatic heterocycles. The Morgan fingerprint density at radius 1 is 1.18 bits per heavy atom. The van der Waals surface area contributed by atoms with Crippen molar-refractivity contribution in [2.45, 2.75) is 32.4 Å². The average Bonchev–Trinajstić information content (AvgIpc) is 3.48. The summed E-state index contributed by atoms with van der Waals surface area (Å²) in [6, 6.07) is 16.7. The molecule has 2 aromatic carbocycles. The van der Waals surface area contributed by atoms with E-state index in [0.717, 1.165) is 33.6 Å². The highest BCUT2D eigenvalue weighted by Gasteiger charge is 2.47. The van der Waals surface area contributed by atoms with Crippen LogP contribution in [0.1, 0.15) is 58.7 Å². The number of rotatable bonds is 5. The maximum absolute atomic E-state index is 14.2. The summed E-state index contributed by atoms with van der Waals surface area (Å²) in [7, 11) is 3.15. The largest absolute Gasteiger partial charge is 0.481 e. The summed E-state index contributed by atoms with van der Waals surface area (Å²) in [5.41, 5.74) is 7.36. The summed E-state index contributed by atoms with van der Waals surface area (Å²) >= 11 is 6.70. The van der Waals surface area contributed by atoms with Crippen molar-refractivity contribution in [1.82, 2.24) is 14.9 Å². The van der Waals surface area contributed by atoms with Crippen LogP contribution in [0.4, 0.5) is 5.69 Å². The Kier molecular flexibility index (Phi) is 6.12. The third kappa shape index (κ3) is 3.69. The molecular formula is C31H26ClN5O3. The van der Waals surface area contributed by atoms with Gasteiger partial charge in [-0.25, -0.2) is 4.98 Å². The number of ether oxygens (including phenoxy) is 1. The maximum atomic E-state index is 14.2. The van der Waals surface area contributed by atoms with E-state index in [1.165, 1.54) is 0 Å². The van der Waals surface area contributed by atoms with Crippen molar-refractivity contribution in [1.29, 1.82) is 5.26 Å². The number of carbonyl (C=O) groups excluding carboxylic acids is 2. The van der Waals surface area contributed by atoms with Crippen molar-refractivity contribution in [2.24, 2.45) is 0 Å². The fourth-order valence-electron chi connectivity index (χ4n) is 5.93. The number of benzene rings is 2. The molecule has 2 aliphatic rings. The van der Waals surface area contributed by atoms with Crippen LogP contribution in [0.25, 0.3) is 22.4 Å². The molecule has 1 atom stereocenters. The van der Waals surface area contributed by atoms with Gasteiger partial charge in [0.15, 0.2) is 0 Å². The Bertz CT molecular complexity index is 1770. The van der Waals surface area contributed by atoms with Gasteiger partial charge in [0.25, 0.3) is 5.91 Å². The molecule has 2 aliphatic heterocycles. The lowest BCUT2D eigenvalue weighted by molar-refractivity contribution is -0.119. The minimum atomic E-state index is -0.416. The van der Waals surface area contributed by atoms with E-state index < -0.39 is 6.04 Å². The van der Waals surface area contributed by atoms with Crippen LogP contribution in [0.2, 0.25) is 5.02 Å². The first-order valence-electron chi connectivity index (χ1n) is 12.9. The van der Waals surface area contributed by atoms with Crippen LogP contribution >= 0.6 is 11.6 Å². The summed E-state index contributed by atoms with van der Waals surface area (Å²) < 4.78 is 7.78. The van der Waals surface area contributed by atoms with Crippen molar-refractivity contribution >= 4 is 29.1 Å². The van der Waals surface area contributed by atoms with E-state index in [9.17, 15) is 14.9 Å². The first kappa shape index (κ1) is 25.7.